The lowest BCUT2D eigenvalue weighted by Crippen LogP contribution is -2.54. The molecule has 1 fully saturated rings. The maximum absolute atomic E-state index is 9.44. The van der Waals surface area contributed by atoms with Crippen LogP contribution in [0.25, 0.3) is 0 Å². The molecule has 4 nitrogen and oxygen atoms in total. The van der Waals surface area contributed by atoms with Gasteiger partial charge in [-0.25, -0.2) is 0 Å². The van der Waals surface area contributed by atoms with E-state index < -0.39 is 0 Å². The first-order valence-corrected chi connectivity index (χ1v) is 7.35. The minimum atomic E-state index is -0.269. The molecule has 0 saturated carbocycles. The van der Waals surface area contributed by atoms with Gasteiger partial charge in [-0.2, -0.15) is 0 Å². The predicted octanol–water partition coefficient (Wildman–Crippen LogP) is 2.07. The van der Waals surface area contributed by atoms with Crippen LogP contribution in [0.1, 0.15) is 38.8 Å². The molecule has 0 amide bonds. The van der Waals surface area contributed by atoms with E-state index in [1.165, 1.54) is 5.56 Å². The van der Waals surface area contributed by atoms with E-state index in [9.17, 15) is 5.11 Å². The molecule has 0 radical (unpaired) electrons. The molecule has 20 heavy (non-hydrogen) atoms. The van der Waals surface area contributed by atoms with Gasteiger partial charge >= 0.3 is 0 Å². The fraction of sp³-hybridized carbons (Fsp3) is 0.625. The van der Waals surface area contributed by atoms with E-state index in [2.05, 4.69) is 37.8 Å². The number of ether oxygens (including phenoxy) is 1. The topological polar surface area (TPSA) is 58.7 Å². The summed E-state index contributed by atoms with van der Waals surface area (Å²) in [5, 5.41) is 9.44. The van der Waals surface area contributed by atoms with Gasteiger partial charge in [0.25, 0.3) is 0 Å². The van der Waals surface area contributed by atoms with Gasteiger partial charge in [-0.1, -0.05) is 25.1 Å². The van der Waals surface area contributed by atoms with E-state index >= 15 is 0 Å². The second kappa shape index (κ2) is 6.12. The summed E-state index contributed by atoms with van der Waals surface area (Å²) in [4.78, 5) is 2.29. The third kappa shape index (κ3) is 3.32. The van der Waals surface area contributed by atoms with E-state index in [0.717, 1.165) is 18.7 Å². The van der Waals surface area contributed by atoms with E-state index in [0.29, 0.717) is 6.54 Å². The minimum Gasteiger partial charge on any atom is -0.394 e. The van der Waals surface area contributed by atoms with Crippen molar-refractivity contribution < 1.29 is 9.84 Å². The normalized spacial score (nSPS) is 23.6. The lowest BCUT2D eigenvalue weighted by molar-refractivity contribution is -0.101. The Hall–Kier alpha value is -1.10. The van der Waals surface area contributed by atoms with Gasteiger partial charge in [0.1, 0.15) is 0 Å². The molecule has 1 aliphatic rings. The van der Waals surface area contributed by atoms with Gasteiger partial charge in [0.2, 0.25) is 0 Å². The number of morpholine rings is 1. The number of rotatable bonds is 4. The molecule has 1 saturated heterocycles. The van der Waals surface area contributed by atoms with Crippen LogP contribution in [0, 0.1) is 0 Å². The summed E-state index contributed by atoms with van der Waals surface area (Å²) in [7, 11) is 0. The van der Waals surface area contributed by atoms with Crippen molar-refractivity contribution in [1.29, 1.82) is 0 Å². The van der Waals surface area contributed by atoms with Gasteiger partial charge in [0.05, 0.1) is 18.3 Å². The van der Waals surface area contributed by atoms with Crippen LogP contribution >= 0.6 is 0 Å². The van der Waals surface area contributed by atoms with Crippen LogP contribution in [0.5, 0.6) is 0 Å². The highest BCUT2D eigenvalue weighted by Crippen LogP contribution is 2.31. The Morgan fingerprint density at radius 2 is 2.15 bits per heavy atom. The van der Waals surface area contributed by atoms with Crippen LogP contribution in [0.15, 0.2) is 24.3 Å². The SMILES string of the molecule is CC[C@@H](N)c1ccccc1N1CC(CO)OC(C)(C)C1. The standard InChI is InChI=1S/C16H26N2O2/c1-4-14(17)13-7-5-6-8-15(13)18-9-12(10-19)20-16(2,3)11-18/h5-8,12,14,19H,4,9-11,17H2,1-3H3/t12?,14-/m1/s1. The highest BCUT2D eigenvalue weighted by Gasteiger charge is 2.34. The highest BCUT2D eigenvalue weighted by molar-refractivity contribution is 5.55. The monoisotopic (exact) mass is 278 g/mol. The van der Waals surface area contributed by atoms with Crippen molar-refractivity contribution in [3.8, 4) is 0 Å². The summed E-state index contributed by atoms with van der Waals surface area (Å²) in [6.07, 6.45) is 0.762. The number of benzene rings is 1. The largest absolute Gasteiger partial charge is 0.394 e. The molecule has 3 N–H and O–H groups in total. The van der Waals surface area contributed by atoms with Crippen molar-refractivity contribution in [2.75, 3.05) is 24.6 Å². The first kappa shape index (κ1) is 15.3. The second-order valence-electron chi connectivity index (χ2n) is 6.14. The van der Waals surface area contributed by atoms with E-state index in [1.807, 2.05) is 12.1 Å². The minimum absolute atomic E-state index is 0.0436. The maximum Gasteiger partial charge on any atom is 0.0988 e. The first-order valence-electron chi connectivity index (χ1n) is 7.35. The molecular weight excluding hydrogens is 252 g/mol. The summed E-state index contributed by atoms with van der Waals surface area (Å²) in [5.74, 6) is 0. The Labute approximate surface area is 121 Å². The van der Waals surface area contributed by atoms with E-state index in [-0.39, 0.29) is 24.4 Å². The van der Waals surface area contributed by atoms with Gasteiger partial charge in [0, 0.05) is 24.8 Å². The fourth-order valence-corrected chi connectivity index (χ4v) is 2.88. The van der Waals surface area contributed by atoms with Crippen LogP contribution in [0.4, 0.5) is 5.69 Å². The van der Waals surface area contributed by atoms with Gasteiger partial charge in [-0.05, 0) is 31.9 Å². The molecule has 1 aliphatic heterocycles. The van der Waals surface area contributed by atoms with E-state index in [4.69, 9.17) is 10.5 Å². The lowest BCUT2D eigenvalue weighted by Gasteiger charge is -2.44. The molecule has 0 spiro atoms. The Balaban J connectivity index is 2.30. The van der Waals surface area contributed by atoms with Crippen molar-refractivity contribution in [3.63, 3.8) is 0 Å². The Bertz CT molecular complexity index is 448. The highest BCUT2D eigenvalue weighted by atomic mass is 16.5. The average Bonchev–Trinajstić information content (AvgIpc) is 2.44. The molecule has 2 atom stereocenters. The van der Waals surface area contributed by atoms with Gasteiger partial charge < -0.3 is 20.5 Å². The second-order valence-corrected chi connectivity index (χ2v) is 6.14. The molecule has 2 rings (SSSR count). The Kier molecular flexibility index (Phi) is 4.68. The zero-order chi connectivity index (χ0) is 14.8. The first-order chi connectivity index (χ1) is 9.46. The molecule has 0 aliphatic carbocycles. The Morgan fingerprint density at radius 1 is 1.45 bits per heavy atom. The number of aliphatic hydroxyl groups is 1. The van der Waals surface area contributed by atoms with Crippen molar-refractivity contribution in [3.05, 3.63) is 29.8 Å². The average molecular weight is 278 g/mol. The number of nitrogens with zero attached hydrogens (tertiary/aromatic N) is 1. The zero-order valence-corrected chi connectivity index (χ0v) is 12.7. The van der Waals surface area contributed by atoms with Gasteiger partial charge in [0.15, 0.2) is 0 Å². The van der Waals surface area contributed by atoms with Crippen molar-refractivity contribution in [2.24, 2.45) is 5.73 Å². The van der Waals surface area contributed by atoms with Crippen molar-refractivity contribution in [2.45, 2.75) is 44.9 Å². The molecule has 112 valence electrons. The molecule has 1 aromatic carbocycles. The number of anilines is 1. The lowest BCUT2D eigenvalue weighted by atomic mass is 9.99. The third-order valence-corrected chi connectivity index (χ3v) is 3.80. The quantitative estimate of drug-likeness (QED) is 0.885. The Morgan fingerprint density at radius 3 is 2.80 bits per heavy atom. The van der Waals surface area contributed by atoms with Crippen LogP contribution in [-0.4, -0.2) is 36.5 Å². The smallest absolute Gasteiger partial charge is 0.0988 e. The summed E-state index contributed by atoms with van der Waals surface area (Å²) in [6.45, 7) is 7.77. The molecule has 0 bridgehead atoms. The summed E-state index contributed by atoms with van der Waals surface area (Å²) in [5.41, 5.74) is 8.29. The number of aliphatic hydroxyl groups excluding tert-OH is 1. The van der Waals surface area contributed by atoms with Crippen LogP contribution in [-0.2, 0) is 4.74 Å². The van der Waals surface area contributed by atoms with Crippen LogP contribution in [0.2, 0.25) is 0 Å². The number of hydrogen-bond donors (Lipinski definition) is 2. The maximum atomic E-state index is 9.44. The predicted molar refractivity (Wildman–Crippen MR) is 81.9 cm³/mol. The van der Waals surface area contributed by atoms with Crippen molar-refractivity contribution in [1.82, 2.24) is 0 Å². The molecule has 0 aromatic heterocycles. The zero-order valence-electron chi connectivity index (χ0n) is 12.7. The number of hydrogen-bond acceptors (Lipinski definition) is 4. The summed E-state index contributed by atoms with van der Waals surface area (Å²) >= 11 is 0. The molecule has 4 heteroatoms. The molecule has 1 heterocycles. The van der Waals surface area contributed by atoms with Gasteiger partial charge in [-0.3, -0.25) is 0 Å². The van der Waals surface area contributed by atoms with Crippen molar-refractivity contribution >= 4 is 5.69 Å². The third-order valence-electron chi connectivity index (χ3n) is 3.80. The number of para-hydroxylation sites is 1. The molecule has 1 aromatic rings. The van der Waals surface area contributed by atoms with E-state index in [1.54, 1.807) is 0 Å². The summed E-state index contributed by atoms with van der Waals surface area (Å²) in [6, 6.07) is 8.33. The van der Waals surface area contributed by atoms with Crippen LogP contribution in [0.3, 0.4) is 0 Å². The molecule has 1 unspecified atom stereocenters. The van der Waals surface area contributed by atoms with Crippen LogP contribution < -0.4 is 10.6 Å². The fourth-order valence-electron chi connectivity index (χ4n) is 2.88. The molecular formula is C16H26N2O2. The van der Waals surface area contributed by atoms with Gasteiger partial charge in [-0.15, -0.1) is 0 Å². The summed E-state index contributed by atoms with van der Waals surface area (Å²) < 4.78 is 5.88. The number of nitrogens with two attached hydrogens (primary N) is 1.